The van der Waals surface area contributed by atoms with Crippen molar-refractivity contribution in [1.82, 2.24) is 5.32 Å². The minimum atomic E-state index is 0.428. The molecule has 0 aliphatic rings. The summed E-state index contributed by atoms with van der Waals surface area (Å²) in [6, 6.07) is 12.9. The first-order valence-corrected chi connectivity index (χ1v) is 7.64. The summed E-state index contributed by atoms with van der Waals surface area (Å²) in [5.41, 5.74) is 2.43. The minimum absolute atomic E-state index is 0.428. The van der Waals surface area contributed by atoms with Crippen LogP contribution in [-0.4, -0.2) is 26.3 Å². The number of rotatable bonds is 8. The Morgan fingerprint density at radius 3 is 2.76 bits per heavy atom. The van der Waals surface area contributed by atoms with E-state index in [0.717, 1.165) is 43.1 Å². The van der Waals surface area contributed by atoms with Crippen molar-refractivity contribution >= 4 is 0 Å². The van der Waals surface area contributed by atoms with Crippen molar-refractivity contribution in [3.63, 3.8) is 0 Å². The lowest BCUT2D eigenvalue weighted by molar-refractivity contribution is 0.202. The van der Waals surface area contributed by atoms with Gasteiger partial charge in [0.25, 0.3) is 0 Å². The van der Waals surface area contributed by atoms with Gasteiger partial charge in [-0.2, -0.15) is 0 Å². The Bertz CT molecular complexity index is 548. The van der Waals surface area contributed by atoms with Crippen molar-refractivity contribution in [1.29, 1.82) is 0 Å². The lowest BCUT2D eigenvalue weighted by atomic mass is 10.0. The van der Waals surface area contributed by atoms with Crippen molar-refractivity contribution in [3.8, 4) is 11.3 Å². The molecule has 3 nitrogen and oxygen atoms in total. The van der Waals surface area contributed by atoms with Crippen molar-refractivity contribution in [2.45, 2.75) is 32.7 Å². The van der Waals surface area contributed by atoms with Gasteiger partial charge in [0.1, 0.15) is 11.5 Å². The van der Waals surface area contributed by atoms with Crippen LogP contribution in [0.3, 0.4) is 0 Å². The fourth-order valence-electron chi connectivity index (χ4n) is 2.55. The molecule has 0 saturated heterocycles. The van der Waals surface area contributed by atoms with Crippen LogP contribution in [0.4, 0.5) is 0 Å². The highest BCUT2D eigenvalue weighted by molar-refractivity contribution is 5.62. The molecule has 3 heteroatoms. The molecular weight excluding hydrogens is 262 g/mol. The number of ether oxygens (including phenoxy) is 1. The number of nitrogens with one attached hydrogen (secondary N) is 1. The smallest absolute Gasteiger partial charge is 0.134 e. The molecule has 1 heterocycles. The molecule has 0 radical (unpaired) electrons. The average molecular weight is 287 g/mol. The molecule has 0 saturated carbocycles. The quantitative estimate of drug-likeness (QED) is 0.804. The van der Waals surface area contributed by atoms with E-state index in [1.54, 1.807) is 7.11 Å². The third-order valence-electron chi connectivity index (χ3n) is 3.58. The van der Waals surface area contributed by atoms with Crippen LogP contribution >= 0.6 is 0 Å². The lowest BCUT2D eigenvalue weighted by Gasteiger charge is -2.10. The largest absolute Gasteiger partial charge is 0.461 e. The van der Waals surface area contributed by atoms with E-state index in [1.807, 2.05) is 0 Å². The van der Waals surface area contributed by atoms with Crippen molar-refractivity contribution < 1.29 is 9.15 Å². The van der Waals surface area contributed by atoms with Crippen molar-refractivity contribution in [3.05, 3.63) is 47.7 Å². The second-order valence-electron chi connectivity index (χ2n) is 5.33. The summed E-state index contributed by atoms with van der Waals surface area (Å²) >= 11 is 0. The summed E-state index contributed by atoms with van der Waals surface area (Å²) in [6.45, 7) is 6.00. The van der Waals surface area contributed by atoms with E-state index in [4.69, 9.17) is 9.15 Å². The van der Waals surface area contributed by atoms with Crippen LogP contribution in [0.5, 0.6) is 0 Å². The fourth-order valence-corrected chi connectivity index (χ4v) is 2.55. The molecule has 0 fully saturated rings. The molecule has 0 bridgehead atoms. The highest BCUT2D eigenvalue weighted by atomic mass is 16.5. The Kier molecular flexibility index (Phi) is 6.03. The Labute approximate surface area is 127 Å². The van der Waals surface area contributed by atoms with Gasteiger partial charge in [0, 0.05) is 25.1 Å². The number of hydrogen-bond donors (Lipinski definition) is 1. The molecule has 2 rings (SSSR count). The number of hydrogen-bond acceptors (Lipinski definition) is 3. The van der Waals surface area contributed by atoms with Gasteiger partial charge in [0.15, 0.2) is 0 Å². The molecule has 1 atom stereocenters. The van der Waals surface area contributed by atoms with Crippen molar-refractivity contribution in [2.75, 3.05) is 20.3 Å². The summed E-state index contributed by atoms with van der Waals surface area (Å²) in [4.78, 5) is 0. The topological polar surface area (TPSA) is 34.4 Å². The lowest BCUT2D eigenvalue weighted by Crippen LogP contribution is -2.27. The van der Waals surface area contributed by atoms with Crippen LogP contribution in [0.15, 0.2) is 40.8 Å². The molecule has 0 amide bonds. The number of likely N-dealkylation sites (N-methyl/N-ethyl adjacent to an activating group) is 1. The molecule has 0 aliphatic carbocycles. The van der Waals surface area contributed by atoms with Crippen LogP contribution < -0.4 is 5.32 Å². The second kappa shape index (κ2) is 8.01. The van der Waals surface area contributed by atoms with Gasteiger partial charge in [-0.1, -0.05) is 31.2 Å². The van der Waals surface area contributed by atoms with E-state index >= 15 is 0 Å². The maximum atomic E-state index is 6.03. The molecular formula is C18H25NO2. The Morgan fingerprint density at radius 2 is 2.00 bits per heavy atom. The zero-order valence-electron chi connectivity index (χ0n) is 13.2. The predicted octanol–water partition coefficient (Wildman–Crippen LogP) is 3.68. The first kappa shape index (κ1) is 15.8. The number of furan rings is 1. The Balaban J connectivity index is 2.13. The molecule has 1 aromatic heterocycles. The fraction of sp³-hybridized carbons (Fsp3) is 0.444. The van der Waals surface area contributed by atoms with Crippen LogP contribution in [0, 0.1) is 0 Å². The van der Waals surface area contributed by atoms with Gasteiger partial charge in [-0.25, -0.2) is 0 Å². The zero-order chi connectivity index (χ0) is 15.1. The summed E-state index contributed by atoms with van der Waals surface area (Å²) in [6.07, 6.45) is 1.81. The van der Waals surface area contributed by atoms with Gasteiger partial charge in [0.05, 0.1) is 6.61 Å². The predicted molar refractivity (Wildman–Crippen MR) is 86.6 cm³/mol. The maximum Gasteiger partial charge on any atom is 0.134 e. The van der Waals surface area contributed by atoms with Crippen LogP contribution in [0.1, 0.15) is 25.2 Å². The van der Waals surface area contributed by atoms with Crippen LogP contribution in [0.2, 0.25) is 0 Å². The van der Waals surface area contributed by atoms with Gasteiger partial charge in [-0.3, -0.25) is 0 Å². The highest BCUT2D eigenvalue weighted by Gasteiger charge is 2.11. The minimum Gasteiger partial charge on any atom is -0.461 e. The summed E-state index contributed by atoms with van der Waals surface area (Å²) in [5, 5.41) is 3.41. The van der Waals surface area contributed by atoms with E-state index in [-0.39, 0.29) is 0 Å². The zero-order valence-corrected chi connectivity index (χ0v) is 13.2. The third kappa shape index (κ3) is 4.45. The molecule has 1 N–H and O–H groups in total. The Morgan fingerprint density at radius 1 is 1.19 bits per heavy atom. The molecule has 0 spiro atoms. The number of methoxy groups -OCH3 is 1. The average Bonchev–Trinajstić information content (AvgIpc) is 2.94. The highest BCUT2D eigenvalue weighted by Crippen LogP contribution is 2.26. The standard InChI is InChI=1S/C18H25NO2/c1-4-19-14(2)13-16-9-10-18(21-16)17-8-6-5-7-15(17)11-12-20-3/h5-10,14,19H,4,11-13H2,1-3H3. The number of benzene rings is 1. The second-order valence-corrected chi connectivity index (χ2v) is 5.33. The summed E-state index contributed by atoms with van der Waals surface area (Å²) in [5.74, 6) is 1.97. The van der Waals surface area contributed by atoms with Crippen molar-refractivity contribution in [2.24, 2.45) is 0 Å². The third-order valence-corrected chi connectivity index (χ3v) is 3.58. The van der Waals surface area contributed by atoms with Gasteiger partial charge in [0.2, 0.25) is 0 Å². The monoisotopic (exact) mass is 287 g/mol. The SMILES string of the molecule is CCNC(C)Cc1ccc(-c2ccccc2CCOC)o1. The first-order valence-electron chi connectivity index (χ1n) is 7.64. The van der Waals surface area contributed by atoms with E-state index < -0.39 is 0 Å². The molecule has 114 valence electrons. The summed E-state index contributed by atoms with van der Waals surface area (Å²) in [7, 11) is 1.73. The van der Waals surface area contributed by atoms with E-state index in [0.29, 0.717) is 6.04 Å². The van der Waals surface area contributed by atoms with Gasteiger partial charge >= 0.3 is 0 Å². The normalized spacial score (nSPS) is 12.5. The van der Waals surface area contributed by atoms with E-state index in [1.165, 1.54) is 5.56 Å². The maximum absolute atomic E-state index is 6.03. The van der Waals surface area contributed by atoms with E-state index in [9.17, 15) is 0 Å². The molecule has 1 unspecified atom stereocenters. The summed E-state index contributed by atoms with van der Waals surface area (Å²) < 4.78 is 11.2. The molecule has 0 aliphatic heterocycles. The molecule has 21 heavy (non-hydrogen) atoms. The van der Waals surface area contributed by atoms with Crippen LogP contribution in [0.25, 0.3) is 11.3 Å². The first-order chi connectivity index (χ1) is 10.2. The molecule has 1 aromatic carbocycles. The van der Waals surface area contributed by atoms with Gasteiger partial charge in [-0.05, 0) is 37.6 Å². The van der Waals surface area contributed by atoms with Crippen LogP contribution in [-0.2, 0) is 17.6 Å². The Hall–Kier alpha value is -1.58. The van der Waals surface area contributed by atoms with Gasteiger partial charge in [-0.15, -0.1) is 0 Å². The van der Waals surface area contributed by atoms with E-state index in [2.05, 4.69) is 55.6 Å². The van der Waals surface area contributed by atoms with Gasteiger partial charge < -0.3 is 14.5 Å². The molecule has 2 aromatic rings.